The van der Waals surface area contributed by atoms with Crippen LogP contribution in [0.2, 0.25) is 0 Å². The van der Waals surface area contributed by atoms with E-state index < -0.39 is 17.4 Å². The fraction of sp³-hybridized carbons (Fsp3) is 0.333. The topological polar surface area (TPSA) is 92.9 Å². The van der Waals surface area contributed by atoms with Crippen molar-refractivity contribution in [1.82, 2.24) is 9.55 Å². The average Bonchev–Trinajstić information content (AvgIpc) is 2.84. The number of fused-ring (bicyclic) bond motifs is 1. The molecule has 1 aliphatic rings. The van der Waals surface area contributed by atoms with Crippen LogP contribution in [0.1, 0.15) is 30.6 Å². The molecule has 1 aromatic carbocycles. The monoisotopic (exact) mass is 286 g/mol. The average molecular weight is 286 g/mol. The fourth-order valence-corrected chi connectivity index (χ4v) is 2.76. The number of anilines is 2. The SMILES string of the molecule is CC(N)n1c(=O)cc(Nc2ccc3c(c2)CCC3)[nH]c1=O. The van der Waals surface area contributed by atoms with Gasteiger partial charge in [0.1, 0.15) is 5.82 Å². The summed E-state index contributed by atoms with van der Waals surface area (Å²) >= 11 is 0. The summed E-state index contributed by atoms with van der Waals surface area (Å²) in [5.74, 6) is 0.375. The third kappa shape index (κ3) is 2.62. The van der Waals surface area contributed by atoms with E-state index in [1.165, 1.54) is 23.6 Å². The minimum Gasteiger partial charge on any atom is -0.342 e. The lowest BCUT2D eigenvalue weighted by Gasteiger charge is -2.11. The molecule has 0 amide bonds. The number of benzene rings is 1. The number of aromatic nitrogens is 2. The van der Waals surface area contributed by atoms with Crippen molar-refractivity contribution in [1.29, 1.82) is 0 Å². The summed E-state index contributed by atoms with van der Waals surface area (Å²) in [7, 11) is 0. The third-order valence-electron chi connectivity index (χ3n) is 3.75. The number of nitrogens with one attached hydrogen (secondary N) is 2. The molecule has 6 heteroatoms. The van der Waals surface area contributed by atoms with E-state index in [0.717, 1.165) is 23.1 Å². The van der Waals surface area contributed by atoms with Crippen LogP contribution < -0.4 is 22.3 Å². The Morgan fingerprint density at radius 3 is 2.71 bits per heavy atom. The van der Waals surface area contributed by atoms with Crippen molar-refractivity contribution >= 4 is 11.5 Å². The van der Waals surface area contributed by atoms with Gasteiger partial charge < -0.3 is 11.1 Å². The maximum atomic E-state index is 11.9. The first-order chi connectivity index (χ1) is 10.0. The highest BCUT2D eigenvalue weighted by molar-refractivity contribution is 5.58. The van der Waals surface area contributed by atoms with E-state index in [1.807, 2.05) is 6.07 Å². The predicted octanol–water partition coefficient (Wildman–Crippen LogP) is 1.25. The van der Waals surface area contributed by atoms with E-state index in [1.54, 1.807) is 6.92 Å². The summed E-state index contributed by atoms with van der Waals surface area (Å²) in [6, 6.07) is 7.46. The van der Waals surface area contributed by atoms with Crippen LogP contribution in [0.25, 0.3) is 0 Å². The van der Waals surface area contributed by atoms with Crippen molar-refractivity contribution in [2.75, 3.05) is 5.32 Å². The van der Waals surface area contributed by atoms with Crippen molar-refractivity contribution in [3.8, 4) is 0 Å². The van der Waals surface area contributed by atoms with Crippen LogP contribution in [0, 0.1) is 0 Å². The van der Waals surface area contributed by atoms with Crippen molar-refractivity contribution in [3.05, 3.63) is 56.2 Å². The molecular formula is C15H18N4O2. The van der Waals surface area contributed by atoms with Gasteiger partial charge in [-0.25, -0.2) is 9.36 Å². The molecular weight excluding hydrogens is 268 g/mol. The van der Waals surface area contributed by atoms with Gasteiger partial charge in [-0.2, -0.15) is 0 Å². The van der Waals surface area contributed by atoms with Crippen LogP contribution in [-0.2, 0) is 12.8 Å². The number of hydrogen-bond acceptors (Lipinski definition) is 4. The van der Waals surface area contributed by atoms with Crippen molar-refractivity contribution in [2.24, 2.45) is 5.73 Å². The molecule has 4 N–H and O–H groups in total. The molecule has 3 rings (SSSR count). The minimum atomic E-state index is -0.657. The maximum absolute atomic E-state index is 11.9. The molecule has 6 nitrogen and oxygen atoms in total. The fourth-order valence-electron chi connectivity index (χ4n) is 2.76. The summed E-state index contributed by atoms with van der Waals surface area (Å²) in [6.07, 6.45) is 2.72. The molecule has 0 spiro atoms. The van der Waals surface area contributed by atoms with Crippen LogP contribution in [0.4, 0.5) is 11.5 Å². The highest BCUT2D eigenvalue weighted by Crippen LogP contribution is 2.25. The molecule has 0 fully saturated rings. The standard InChI is InChI=1S/C15H18N4O2/c1-9(16)19-14(20)8-13(18-15(19)21)17-12-6-5-10-3-2-4-11(10)7-12/h5-9,17H,2-4,16H2,1H3,(H,18,21). The van der Waals surface area contributed by atoms with Gasteiger partial charge in [0.05, 0.1) is 6.17 Å². The maximum Gasteiger partial charge on any atom is 0.331 e. The Morgan fingerprint density at radius 2 is 2.00 bits per heavy atom. The molecule has 21 heavy (non-hydrogen) atoms. The Kier molecular flexibility index (Phi) is 3.39. The van der Waals surface area contributed by atoms with E-state index in [2.05, 4.69) is 22.4 Å². The Labute approximate surface area is 121 Å². The first kappa shape index (κ1) is 13.6. The molecule has 0 saturated heterocycles. The van der Waals surface area contributed by atoms with Crippen molar-refractivity contribution in [3.63, 3.8) is 0 Å². The molecule has 1 aliphatic carbocycles. The Morgan fingerprint density at radius 1 is 1.24 bits per heavy atom. The van der Waals surface area contributed by atoms with Crippen LogP contribution in [0.3, 0.4) is 0 Å². The van der Waals surface area contributed by atoms with Gasteiger partial charge in [-0.3, -0.25) is 9.78 Å². The number of aromatic amines is 1. The van der Waals surface area contributed by atoms with Gasteiger partial charge in [-0.1, -0.05) is 6.07 Å². The van der Waals surface area contributed by atoms with Crippen molar-refractivity contribution in [2.45, 2.75) is 32.4 Å². The molecule has 1 atom stereocenters. The van der Waals surface area contributed by atoms with E-state index in [0.29, 0.717) is 5.82 Å². The molecule has 0 aliphatic heterocycles. The highest BCUT2D eigenvalue weighted by Gasteiger charge is 2.12. The molecule has 1 heterocycles. The van der Waals surface area contributed by atoms with Gasteiger partial charge in [0.15, 0.2) is 0 Å². The quantitative estimate of drug-likeness (QED) is 0.791. The lowest BCUT2D eigenvalue weighted by atomic mass is 10.1. The van der Waals surface area contributed by atoms with Crippen LogP contribution in [0.5, 0.6) is 0 Å². The predicted molar refractivity (Wildman–Crippen MR) is 82.0 cm³/mol. The van der Waals surface area contributed by atoms with Gasteiger partial charge in [0.25, 0.3) is 5.56 Å². The summed E-state index contributed by atoms with van der Waals surface area (Å²) < 4.78 is 0.980. The van der Waals surface area contributed by atoms with Crippen LogP contribution >= 0.6 is 0 Å². The summed E-state index contributed by atoms with van der Waals surface area (Å²) in [5, 5.41) is 3.07. The smallest absolute Gasteiger partial charge is 0.331 e. The van der Waals surface area contributed by atoms with E-state index >= 15 is 0 Å². The van der Waals surface area contributed by atoms with Gasteiger partial charge in [0, 0.05) is 11.8 Å². The zero-order valence-electron chi connectivity index (χ0n) is 11.8. The third-order valence-corrected chi connectivity index (χ3v) is 3.75. The van der Waals surface area contributed by atoms with E-state index in [9.17, 15) is 9.59 Å². The second kappa shape index (κ2) is 5.21. The van der Waals surface area contributed by atoms with Gasteiger partial charge in [0.2, 0.25) is 0 Å². The van der Waals surface area contributed by atoms with Gasteiger partial charge >= 0.3 is 5.69 Å². The first-order valence-corrected chi connectivity index (χ1v) is 7.05. The van der Waals surface area contributed by atoms with Crippen LogP contribution in [0.15, 0.2) is 33.9 Å². The van der Waals surface area contributed by atoms with Gasteiger partial charge in [-0.05, 0) is 49.4 Å². The second-order valence-corrected chi connectivity index (χ2v) is 5.40. The summed E-state index contributed by atoms with van der Waals surface area (Å²) in [6.45, 7) is 1.59. The Bertz CT molecular complexity index is 758. The number of hydrogen-bond donors (Lipinski definition) is 3. The number of nitrogens with two attached hydrogens (primary N) is 1. The van der Waals surface area contributed by atoms with Crippen molar-refractivity contribution < 1.29 is 0 Å². The number of nitrogens with zero attached hydrogens (tertiary/aromatic N) is 1. The molecule has 1 aromatic heterocycles. The highest BCUT2D eigenvalue weighted by atomic mass is 16.2. The molecule has 0 bridgehead atoms. The first-order valence-electron chi connectivity index (χ1n) is 7.05. The molecule has 0 saturated carbocycles. The van der Waals surface area contributed by atoms with E-state index in [-0.39, 0.29) is 0 Å². The zero-order valence-corrected chi connectivity index (χ0v) is 11.8. The molecule has 1 unspecified atom stereocenters. The molecule has 2 aromatic rings. The Hall–Kier alpha value is -2.34. The summed E-state index contributed by atoms with van der Waals surface area (Å²) in [4.78, 5) is 26.4. The lowest BCUT2D eigenvalue weighted by molar-refractivity contribution is 0.523. The normalized spacial score (nSPS) is 14.8. The zero-order chi connectivity index (χ0) is 15.0. The van der Waals surface area contributed by atoms with Gasteiger partial charge in [-0.15, -0.1) is 0 Å². The Balaban J connectivity index is 1.92. The number of H-pyrrole nitrogens is 1. The largest absolute Gasteiger partial charge is 0.342 e. The van der Waals surface area contributed by atoms with E-state index in [4.69, 9.17) is 5.73 Å². The lowest BCUT2D eigenvalue weighted by Crippen LogP contribution is -2.40. The minimum absolute atomic E-state index is 0.375. The molecule has 110 valence electrons. The van der Waals surface area contributed by atoms with Crippen LogP contribution in [-0.4, -0.2) is 9.55 Å². The summed E-state index contributed by atoms with van der Waals surface area (Å²) in [5.41, 5.74) is 8.24. The molecule has 0 radical (unpaired) electrons. The number of rotatable bonds is 3. The number of aryl methyl sites for hydroxylation is 2. The second-order valence-electron chi connectivity index (χ2n) is 5.40.